The number of ether oxygens (including phenoxy) is 1. The van der Waals surface area contributed by atoms with Crippen molar-refractivity contribution in [3.63, 3.8) is 0 Å². The third kappa shape index (κ3) is 4.94. The van der Waals surface area contributed by atoms with Crippen LogP contribution in [0.3, 0.4) is 0 Å². The minimum atomic E-state index is -4.71. The maximum atomic E-state index is 13.0. The van der Waals surface area contributed by atoms with Crippen LogP contribution in [0, 0.1) is 0 Å². The summed E-state index contributed by atoms with van der Waals surface area (Å²) in [6.07, 6.45) is -4.71. The van der Waals surface area contributed by atoms with Gasteiger partial charge in [-0.3, -0.25) is 4.79 Å². The molecule has 0 radical (unpaired) electrons. The molecule has 0 unspecified atom stereocenters. The van der Waals surface area contributed by atoms with Crippen molar-refractivity contribution in [3.8, 4) is 11.5 Å². The second kappa shape index (κ2) is 8.66. The van der Waals surface area contributed by atoms with Gasteiger partial charge in [0.2, 0.25) is 5.91 Å². The van der Waals surface area contributed by atoms with Crippen LogP contribution < -0.4 is 10.1 Å². The highest BCUT2D eigenvalue weighted by Crippen LogP contribution is 2.33. The normalized spacial score (nSPS) is 12.3. The van der Waals surface area contributed by atoms with Crippen LogP contribution in [0.1, 0.15) is 19.4 Å². The number of amides is 1. The van der Waals surface area contributed by atoms with Crippen molar-refractivity contribution in [3.05, 3.63) is 84.4 Å². The highest BCUT2D eigenvalue weighted by atomic mass is 32.2. The summed E-state index contributed by atoms with van der Waals surface area (Å²) in [5, 5.41) is 2.50. The first kappa shape index (κ1) is 23.3. The van der Waals surface area contributed by atoms with Gasteiger partial charge in [0, 0.05) is 5.69 Å². The molecule has 1 N–H and O–H groups in total. The lowest BCUT2D eigenvalue weighted by Gasteiger charge is -2.24. The molecule has 0 heterocycles. The van der Waals surface area contributed by atoms with Crippen molar-refractivity contribution < 1.29 is 31.1 Å². The second-order valence-corrected chi connectivity index (χ2v) is 9.93. The Labute approximate surface area is 183 Å². The molecule has 5 nitrogen and oxygen atoms in total. The standard InChI is InChI=1S/C23H20F3NO4S/c1-22(2,32(29,30)20-10-6-7-16(15-20)23(24,25)26)21(28)27-17-11-13-19(14-12-17)31-18-8-4-3-5-9-18/h3-15H,1-2H3,(H,27,28). The number of alkyl halides is 3. The molecule has 1 amide bonds. The predicted molar refractivity (Wildman–Crippen MR) is 114 cm³/mol. The monoisotopic (exact) mass is 463 g/mol. The predicted octanol–water partition coefficient (Wildman–Crippen LogP) is 5.69. The molecule has 3 aromatic carbocycles. The molecule has 0 fully saturated rings. The Kier molecular flexibility index (Phi) is 6.32. The maximum Gasteiger partial charge on any atom is 0.416 e. The summed E-state index contributed by atoms with van der Waals surface area (Å²) in [5.41, 5.74) is -0.800. The highest BCUT2D eigenvalue weighted by Gasteiger charge is 2.43. The van der Waals surface area contributed by atoms with Crippen LogP contribution in [0.2, 0.25) is 0 Å². The van der Waals surface area contributed by atoms with Gasteiger partial charge in [0.25, 0.3) is 0 Å². The molecule has 3 aromatic rings. The summed E-state index contributed by atoms with van der Waals surface area (Å²) in [6, 6.07) is 18.6. The second-order valence-electron chi connectivity index (χ2n) is 7.43. The third-order valence-corrected chi connectivity index (χ3v) is 7.18. The first-order chi connectivity index (χ1) is 14.9. The van der Waals surface area contributed by atoms with E-state index >= 15 is 0 Å². The molecule has 32 heavy (non-hydrogen) atoms. The molecule has 9 heteroatoms. The SMILES string of the molecule is CC(C)(C(=O)Nc1ccc(Oc2ccccc2)cc1)S(=O)(=O)c1cccc(C(F)(F)F)c1. The third-order valence-electron chi connectivity index (χ3n) is 4.78. The largest absolute Gasteiger partial charge is 0.457 e. The van der Waals surface area contributed by atoms with E-state index in [1.807, 2.05) is 18.2 Å². The van der Waals surface area contributed by atoms with E-state index in [1.54, 1.807) is 24.3 Å². The Bertz CT molecular complexity index is 1210. The lowest BCUT2D eigenvalue weighted by atomic mass is 10.2. The number of carbonyl (C=O) groups excluding carboxylic acids is 1. The summed E-state index contributed by atoms with van der Waals surface area (Å²) < 4.78 is 68.5. The molecular weight excluding hydrogens is 443 g/mol. The van der Waals surface area contributed by atoms with E-state index < -0.39 is 37.1 Å². The van der Waals surface area contributed by atoms with Crippen LogP contribution in [0.5, 0.6) is 11.5 Å². The van der Waals surface area contributed by atoms with E-state index in [0.717, 1.165) is 32.0 Å². The molecule has 0 saturated carbocycles. The minimum absolute atomic E-state index is 0.308. The van der Waals surface area contributed by atoms with Gasteiger partial charge in [0.1, 0.15) is 16.2 Å². The van der Waals surface area contributed by atoms with Gasteiger partial charge in [0.15, 0.2) is 9.84 Å². The molecule has 0 aliphatic carbocycles. The van der Waals surface area contributed by atoms with Crippen LogP contribution in [-0.4, -0.2) is 19.1 Å². The molecule has 0 saturated heterocycles. The van der Waals surface area contributed by atoms with Gasteiger partial charge in [0.05, 0.1) is 10.5 Å². The summed E-state index contributed by atoms with van der Waals surface area (Å²) in [4.78, 5) is 12.2. The van der Waals surface area contributed by atoms with Crippen molar-refractivity contribution in [2.45, 2.75) is 29.7 Å². The molecule has 0 aliphatic rings. The van der Waals surface area contributed by atoms with E-state index in [0.29, 0.717) is 23.3 Å². The van der Waals surface area contributed by atoms with Crippen LogP contribution >= 0.6 is 0 Å². The van der Waals surface area contributed by atoms with E-state index in [1.165, 1.54) is 12.1 Å². The van der Waals surface area contributed by atoms with Crippen LogP contribution in [0.25, 0.3) is 0 Å². The average Bonchev–Trinajstić information content (AvgIpc) is 2.75. The number of anilines is 1. The molecule has 0 bridgehead atoms. The van der Waals surface area contributed by atoms with Crippen molar-refractivity contribution in [1.29, 1.82) is 0 Å². The molecule has 0 atom stereocenters. The zero-order valence-corrected chi connectivity index (χ0v) is 18.0. The molecule has 168 valence electrons. The topological polar surface area (TPSA) is 72.5 Å². The van der Waals surface area contributed by atoms with Gasteiger partial charge < -0.3 is 10.1 Å². The van der Waals surface area contributed by atoms with Gasteiger partial charge in [-0.25, -0.2) is 8.42 Å². The van der Waals surface area contributed by atoms with Crippen LogP contribution in [0.4, 0.5) is 18.9 Å². The molecule has 0 aliphatic heterocycles. The molecule has 0 spiro atoms. The quantitative estimate of drug-likeness (QED) is 0.510. The fourth-order valence-corrected chi connectivity index (χ4v) is 4.19. The van der Waals surface area contributed by atoms with Crippen LogP contribution in [-0.2, 0) is 20.8 Å². The van der Waals surface area contributed by atoms with Gasteiger partial charge in [-0.15, -0.1) is 0 Å². The van der Waals surface area contributed by atoms with Gasteiger partial charge in [-0.05, 0) is 68.4 Å². The van der Waals surface area contributed by atoms with E-state index in [9.17, 15) is 26.4 Å². The summed E-state index contributed by atoms with van der Waals surface area (Å²) in [6.45, 7) is 2.29. The van der Waals surface area contributed by atoms with Crippen molar-refractivity contribution in [2.75, 3.05) is 5.32 Å². The number of sulfone groups is 1. The molecular formula is C23H20F3NO4S. The zero-order chi connectivity index (χ0) is 23.6. The Morgan fingerprint density at radius 3 is 2.03 bits per heavy atom. The van der Waals surface area contributed by atoms with E-state index in [-0.39, 0.29) is 0 Å². The van der Waals surface area contributed by atoms with Crippen molar-refractivity contribution in [2.24, 2.45) is 0 Å². The maximum absolute atomic E-state index is 13.0. The summed E-state index contributed by atoms with van der Waals surface area (Å²) >= 11 is 0. The fraction of sp³-hybridized carbons (Fsp3) is 0.174. The van der Waals surface area contributed by atoms with Crippen LogP contribution in [0.15, 0.2) is 83.8 Å². The molecule has 0 aromatic heterocycles. The average molecular weight is 463 g/mol. The number of hydrogen-bond donors (Lipinski definition) is 1. The van der Waals surface area contributed by atoms with E-state index in [4.69, 9.17) is 4.74 Å². The Morgan fingerprint density at radius 2 is 1.44 bits per heavy atom. The molecule has 3 rings (SSSR count). The van der Waals surface area contributed by atoms with Gasteiger partial charge in [-0.2, -0.15) is 13.2 Å². The minimum Gasteiger partial charge on any atom is -0.457 e. The summed E-state index contributed by atoms with van der Waals surface area (Å²) in [5.74, 6) is 0.245. The number of halogens is 3. The lowest BCUT2D eigenvalue weighted by Crippen LogP contribution is -2.44. The number of nitrogens with one attached hydrogen (secondary N) is 1. The highest BCUT2D eigenvalue weighted by molar-refractivity contribution is 7.93. The van der Waals surface area contributed by atoms with Crippen molar-refractivity contribution in [1.82, 2.24) is 0 Å². The Morgan fingerprint density at radius 1 is 0.844 bits per heavy atom. The number of carbonyl (C=O) groups is 1. The Hall–Kier alpha value is -3.33. The number of benzene rings is 3. The fourth-order valence-electron chi connectivity index (χ4n) is 2.77. The number of rotatable bonds is 6. The number of hydrogen-bond acceptors (Lipinski definition) is 4. The Balaban J connectivity index is 1.78. The number of para-hydroxylation sites is 1. The first-order valence-electron chi connectivity index (χ1n) is 9.47. The first-order valence-corrected chi connectivity index (χ1v) is 11.0. The van der Waals surface area contributed by atoms with Gasteiger partial charge in [-0.1, -0.05) is 24.3 Å². The van der Waals surface area contributed by atoms with Crippen molar-refractivity contribution >= 4 is 21.4 Å². The van der Waals surface area contributed by atoms with Gasteiger partial charge >= 0.3 is 6.18 Å². The van der Waals surface area contributed by atoms with E-state index in [2.05, 4.69) is 5.32 Å². The zero-order valence-electron chi connectivity index (χ0n) is 17.2. The lowest BCUT2D eigenvalue weighted by molar-refractivity contribution is -0.137. The summed E-state index contributed by atoms with van der Waals surface area (Å²) in [7, 11) is -4.43. The smallest absolute Gasteiger partial charge is 0.416 e.